The number of rotatable bonds is 7. The van der Waals surface area contributed by atoms with E-state index >= 15 is 0 Å². The topological polar surface area (TPSA) is 58.6 Å². The predicted molar refractivity (Wildman–Crippen MR) is 84.4 cm³/mol. The van der Waals surface area contributed by atoms with E-state index in [1.54, 1.807) is 4.90 Å². The third-order valence-corrected chi connectivity index (χ3v) is 3.91. The van der Waals surface area contributed by atoms with E-state index in [1.807, 2.05) is 13.8 Å². The van der Waals surface area contributed by atoms with E-state index in [-0.39, 0.29) is 36.6 Å². The van der Waals surface area contributed by atoms with Crippen LogP contribution < -0.4 is 10.1 Å². The van der Waals surface area contributed by atoms with Crippen LogP contribution in [-0.4, -0.2) is 42.5 Å². The number of hydrogen-bond acceptors (Lipinski definition) is 3. The summed E-state index contributed by atoms with van der Waals surface area (Å²) in [4.78, 5) is 25.8. The van der Waals surface area contributed by atoms with E-state index in [4.69, 9.17) is 4.74 Å². The third-order valence-electron chi connectivity index (χ3n) is 3.91. The van der Waals surface area contributed by atoms with Gasteiger partial charge in [0.2, 0.25) is 11.8 Å². The average molecular weight is 340 g/mol. The van der Waals surface area contributed by atoms with Crippen molar-refractivity contribution in [3.63, 3.8) is 0 Å². The molecular weight excluding hydrogens is 318 g/mol. The van der Waals surface area contributed by atoms with Gasteiger partial charge in [0, 0.05) is 19.0 Å². The summed E-state index contributed by atoms with van der Waals surface area (Å²) in [5.41, 5.74) is 0. The molecule has 1 saturated heterocycles. The second-order valence-corrected chi connectivity index (χ2v) is 6.09. The van der Waals surface area contributed by atoms with Gasteiger partial charge in [-0.15, -0.1) is 0 Å². The number of ether oxygens (including phenoxy) is 1. The van der Waals surface area contributed by atoms with Crippen LogP contribution in [-0.2, 0) is 9.59 Å². The lowest BCUT2D eigenvalue weighted by Gasteiger charge is -2.29. The fraction of sp³-hybridized carbons (Fsp3) is 0.529. The largest absolute Gasteiger partial charge is 0.492 e. The molecule has 7 heteroatoms. The molecule has 0 saturated carbocycles. The predicted octanol–water partition coefficient (Wildman–Crippen LogP) is 2.11. The van der Waals surface area contributed by atoms with Gasteiger partial charge < -0.3 is 15.0 Å². The van der Waals surface area contributed by atoms with Gasteiger partial charge in [-0.1, -0.05) is 13.8 Å². The SMILES string of the molecule is CC(C)C(C(=O)NCCOc1ccc(F)c(F)c1)N1CCCC1=O. The number of halogens is 2. The van der Waals surface area contributed by atoms with Gasteiger partial charge >= 0.3 is 0 Å². The van der Waals surface area contributed by atoms with Crippen LogP contribution in [0.25, 0.3) is 0 Å². The van der Waals surface area contributed by atoms with Crippen LogP contribution in [0.2, 0.25) is 0 Å². The summed E-state index contributed by atoms with van der Waals surface area (Å²) in [6, 6.07) is 2.76. The molecule has 1 heterocycles. The first-order valence-corrected chi connectivity index (χ1v) is 8.05. The molecular formula is C17H22F2N2O3. The summed E-state index contributed by atoms with van der Waals surface area (Å²) in [7, 11) is 0. The van der Waals surface area contributed by atoms with Crippen molar-refractivity contribution in [1.82, 2.24) is 10.2 Å². The van der Waals surface area contributed by atoms with Crippen molar-refractivity contribution in [2.24, 2.45) is 5.92 Å². The zero-order valence-corrected chi connectivity index (χ0v) is 13.9. The van der Waals surface area contributed by atoms with Crippen LogP contribution in [0.4, 0.5) is 8.78 Å². The van der Waals surface area contributed by atoms with E-state index in [1.165, 1.54) is 6.07 Å². The van der Waals surface area contributed by atoms with Gasteiger partial charge in [-0.05, 0) is 24.5 Å². The first kappa shape index (κ1) is 18.2. The first-order chi connectivity index (χ1) is 11.4. The van der Waals surface area contributed by atoms with Gasteiger partial charge in [0.25, 0.3) is 0 Å². The highest BCUT2D eigenvalue weighted by Crippen LogP contribution is 2.19. The van der Waals surface area contributed by atoms with E-state index in [2.05, 4.69) is 5.32 Å². The van der Waals surface area contributed by atoms with Crippen LogP contribution in [0.3, 0.4) is 0 Å². The van der Waals surface area contributed by atoms with Crippen LogP contribution in [0.5, 0.6) is 5.75 Å². The maximum Gasteiger partial charge on any atom is 0.243 e. The Kier molecular flexibility index (Phi) is 6.11. The highest BCUT2D eigenvalue weighted by Gasteiger charge is 2.34. The number of benzene rings is 1. The minimum Gasteiger partial charge on any atom is -0.492 e. The average Bonchev–Trinajstić information content (AvgIpc) is 2.93. The summed E-state index contributed by atoms with van der Waals surface area (Å²) < 4.78 is 31.2. The van der Waals surface area contributed by atoms with Gasteiger partial charge in [0.05, 0.1) is 6.54 Å². The summed E-state index contributed by atoms with van der Waals surface area (Å²) in [5, 5.41) is 2.73. The molecule has 1 fully saturated rings. The summed E-state index contributed by atoms with van der Waals surface area (Å²) in [6.45, 7) is 4.72. The van der Waals surface area contributed by atoms with Crippen molar-refractivity contribution in [1.29, 1.82) is 0 Å². The van der Waals surface area contributed by atoms with Crippen molar-refractivity contribution in [2.45, 2.75) is 32.7 Å². The van der Waals surface area contributed by atoms with Crippen molar-refractivity contribution in [3.05, 3.63) is 29.8 Å². The smallest absolute Gasteiger partial charge is 0.243 e. The van der Waals surface area contributed by atoms with E-state index in [0.717, 1.165) is 18.6 Å². The molecule has 1 aromatic rings. The normalized spacial score (nSPS) is 15.7. The van der Waals surface area contributed by atoms with Gasteiger partial charge in [0.1, 0.15) is 18.4 Å². The Balaban J connectivity index is 1.82. The van der Waals surface area contributed by atoms with Gasteiger partial charge in [-0.3, -0.25) is 9.59 Å². The molecule has 0 spiro atoms. The lowest BCUT2D eigenvalue weighted by molar-refractivity contribution is -0.139. The molecule has 0 bridgehead atoms. The third kappa shape index (κ3) is 4.43. The molecule has 1 aromatic carbocycles. The van der Waals surface area contributed by atoms with Gasteiger partial charge in [0.15, 0.2) is 11.6 Å². The molecule has 24 heavy (non-hydrogen) atoms. The van der Waals surface area contributed by atoms with Crippen molar-refractivity contribution >= 4 is 11.8 Å². The highest BCUT2D eigenvalue weighted by molar-refractivity contribution is 5.88. The lowest BCUT2D eigenvalue weighted by Crippen LogP contribution is -2.51. The van der Waals surface area contributed by atoms with E-state index < -0.39 is 17.7 Å². The quantitative estimate of drug-likeness (QED) is 0.774. The highest BCUT2D eigenvalue weighted by atomic mass is 19.2. The van der Waals surface area contributed by atoms with Crippen LogP contribution in [0, 0.1) is 17.6 Å². The first-order valence-electron chi connectivity index (χ1n) is 8.05. The Hall–Kier alpha value is -2.18. The van der Waals surface area contributed by atoms with Crippen molar-refractivity contribution in [2.75, 3.05) is 19.7 Å². The van der Waals surface area contributed by atoms with Crippen molar-refractivity contribution < 1.29 is 23.1 Å². The Morgan fingerprint density at radius 3 is 2.67 bits per heavy atom. The number of likely N-dealkylation sites (tertiary alicyclic amines) is 1. The molecule has 5 nitrogen and oxygen atoms in total. The molecule has 0 aliphatic carbocycles. The van der Waals surface area contributed by atoms with Crippen LogP contribution in [0.1, 0.15) is 26.7 Å². The Labute approximate surface area is 140 Å². The fourth-order valence-corrected chi connectivity index (χ4v) is 2.78. The molecule has 0 radical (unpaired) electrons. The van der Waals surface area contributed by atoms with Gasteiger partial charge in [-0.2, -0.15) is 0 Å². The standard InChI is InChI=1S/C17H22F2N2O3/c1-11(2)16(21-8-3-4-15(21)22)17(23)20-7-9-24-12-5-6-13(18)14(19)10-12/h5-6,10-11,16H,3-4,7-9H2,1-2H3,(H,20,23). The number of carbonyl (C=O) groups is 2. The number of amides is 2. The molecule has 1 aliphatic heterocycles. The fourth-order valence-electron chi connectivity index (χ4n) is 2.78. The van der Waals surface area contributed by atoms with Gasteiger partial charge in [-0.25, -0.2) is 8.78 Å². The number of hydrogen-bond donors (Lipinski definition) is 1. The maximum absolute atomic E-state index is 13.1. The zero-order valence-electron chi connectivity index (χ0n) is 13.9. The second kappa shape index (κ2) is 8.08. The molecule has 0 aromatic heterocycles. The number of carbonyl (C=O) groups excluding carboxylic acids is 2. The van der Waals surface area contributed by atoms with E-state index in [9.17, 15) is 18.4 Å². The molecule has 1 aliphatic rings. The van der Waals surface area contributed by atoms with E-state index in [0.29, 0.717) is 13.0 Å². The minimum atomic E-state index is -0.982. The zero-order chi connectivity index (χ0) is 17.7. The summed E-state index contributed by atoms with van der Waals surface area (Å²) in [5.74, 6) is -1.96. The maximum atomic E-state index is 13.1. The second-order valence-electron chi connectivity index (χ2n) is 6.09. The Morgan fingerprint density at radius 2 is 2.08 bits per heavy atom. The molecule has 1 N–H and O–H groups in total. The molecule has 2 rings (SSSR count). The lowest BCUT2D eigenvalue weighted by atomic mass is 10.0. The summed E-state index contributed by atoms with van der Waals surface area (Å²) >= 11 is 0. The molecule has 2 amide bonds. The number of nitrogens with zero attached hydrogens (tertiary/aromatic N) is 1. The summed E-state index contributed by atoms with van der Waals surface area (Å²) in [6.07, 6.45) is 1.25. The Morgan fingerprint density at radius 1 is 1.33 bits per heavy atom. The van der Waals surface area contributed by atoms with Crippen LogP contribution in [0.15, 0.2) is 18.2 Å². The Bertz CT molecular complexity index is 607. The molecule has 132 valence electrons. The minimum absolute atomic E-state index is 0.000775. The van der Waals surface area contributed by atoms with Crippen LogP contribution >= 0.6 is 0 Å². The number of nitrogens with one attached hydrogen (secondary N) is 1. The van der Waals surface area contributed by atoms with Crippen molar-refractivity contribution in [3.8, 4) is 5.75 Å². The molecule has 1 atom stereocenters. The molecule has 1 unspecified atom stereocenters. The monoisotopic (exact) mass is 340 g/mol.